The molecule has 1 N–H and O–H groups in total. The van der Waals surface area contributed by atoms with Crippen molar-refractivity contribution in [3.8, 4) is 0 Å². The molecule has 0 unspecified atom stereocenters. The van der Waals surface area contributed by atoms with E-state index in [4.69, 9.17) is 4.74 Å². The van der Waals surface area contributed by atoms with E-state index in [0.29, 0.717) is 0 Å². The van der Waals surface area contributed by atoms with Gasteiger partial charge in [-0.15, -0.1) is 0 Å². The molecule has 0 aromatic heterocycles. The summed E-state index contributed by atoms with van der Waals surface area (Å²) in [5.41, 5.74) is 5.62. The van der Waals surface area contributed by atoms with Crippen LogP contribution < -0.4 is 5.32 Å². The first-order valence-corrected chi connectivity index (χ1v) is 7.05. The Labute approximate surface area is 117 Å². The molecule has 1 aromatic rings. The summed E-state index contributed by atoms with van der Waals surface area (Å²) in [5, 5.41) is 3.36. The van der Waals surface area contributed by atoms with Gasteiger partial charge in [0.25, 0.3) is 0 Å². The van der Waals surface area contributed by atoms with Crippen LogP contribution in [0.5, 0.6) is 0 Å². The van der Waals surface area contributed by atoms with E-state index in [9.17, 15) is 0 Å². The van der Waals surface area contributed by atoms with E-state index >= 15 is 0 Å². The Kier molecular flexibility index (Phi) is 7.46. The molecule has 0 spiro atoms. The van der Waals surface area contributed by atoms with Crippen LogP contribution >= 0.6 is 0 Å². The number of rotatable bonds is 8. The number of hydrogen-bond donors (Lipinski definition) is 1. The van der Waals surface area contributed by atoms with Gasteiger partial charge in [-0.2, -0.15) is 0 Å². The van der Waals surface area contributed by atoms with Crippen LogP contribution in [0.2, 0.25) is 0 Å². The van der Waals surface area contributed by atoms with E-state index in [1.807, 2.05) is 0 Å². The fourth-order valence-corrected chi connectivity index (χ4v) is 2.08. The lowest BCUT2D eigenvalue weighted by molar-refractivity contribution is 0.199. The third kappa shape index (κ3) is 6.55. The third-order valence-corrected chi connectivity index (χ3v) is 3.27. The van der Waals surface area contributed by atoms with Gasteiger partial charge in [-0.1, -0.05) is 35.4 Å². The van der Waals surface area contributed by atoms with Gasteiger partial charge in [0.2, 0.25) is 0 Å². The number of aryl methyl sites for hydroxylation is 2. The summed E-state index contributed by atoms with van der Waals surface area (Å²) in [4.78, 5) is 0. The highest BCUT2D eigenvalue weighted by Crippen LogP contribution is 2.15. The van der Waals surface area contributed by atoms with Crippen molar-refractivity contribution in [2.75, 3.05) is 26.8 Å². The summed E-state index contributed by atoms with van der Waals surface area (Å²) in [6.45, 7) is 9.30. The molecule has 0 fully saturated rings. The molecule has 1 rings (SSSR count). The van der Waals surface area contributed by atoms with Gasteiger partial charge >= 0.3 is 0 Å². The van der Waals surface area contributed by atoms with Crippen molar-refractivity contribution >= 4 is 0 Å². The molecular weight excluding hydrogens is 234 g/mol. The Morgan fingerprint density at radius 2 is 2.05 bits per heavy atom. The van der Waals surface area contributed by atoms with Gasteiger partial charge in [-0.3, -0.25) is 0 Å². The summed E-state index contributed by atoms with van der Waals surface area (Å²) in [7, 11) is 1.73. The first-order valence-electron chi connectivity index (χ1n) is 7.05. The molecule has 0 radical (unpaired) electrons. The Hall–Kier alpha value is -1.12. The monoisotopic (exact) mass is 261 g/mol. The van der Waals surface area contributed by atoms with Crippen molar-refractivity contribution in [2.24, 2.45) is 0 Å². The van der Waals surface area contributed by atoms with Gasteiger partial charge in [-0.25, -0.2) is 0 Å². The summed E-state index contributed by atoms with van der Waals surface area (Å²) < 4.78 is 4.99. The van der Waals surface area contributed by atoms with Crippen molar-refractivity contribution in [2.45, 2.75) is 33.6 Å². The van der Waals surface area contributed by atoms with Crippen LogP contribution in [0, 0.1) is 13.8 Å². The minimum Gasteiger partial charge on any atom is -0.383 e. The van der Waals surface area contributed by atoms with Crippen molar-refractivity contribution in [1.29, 1.82) is 0 Å². The lowest BCUT2D eigenvalue weighted by Crippen LogP contribution is -2.19. The summed E-state index contributed by atoms with van der Waals surface area (Å²) in [6.07, 6.45) is 4.48. The maximum Gasteiger partial charge on any atom is 0.0587 e. The van der Waals surface area contributed by atoms with Crippen LogP contribution in [0.1, 0.15) is 30.0 Å². The molecule has 0 bridgehead atoms. The normalized spacial score (nSPS) is 11.9. The summed E-state index contributed by atoms with van der Waals surface area (Å²) in [5.74, 6) is 0. The minimum absolute atomic E-state index is 0.783. The molecule has 19 heavy (non-hydrogen) atoms. The molecule has 2 heteroatoms. The number of nitrogens with one attached hydrogen (secondary N) is 1. The highest BCUT2D eigenvalue weighted by Gasteiger charge is 1.99. The zero-order chi connectivity index (χ0) is 14.1. The van der Waals surface area contributed by atoms with Crippen LogP contribution in [-0.2, 0) is 11.2 Å². The fraction of sp³-hybridized carbons (Fsp3) is 0.529. The third-order valence-electron chi connectivity index (χ3n) is 3.27. The Balaban J connectivity index is 2.37. The number of hydrogen-bond acceptors (Lipinski definition) is 2. The smallest absolute Gasteiger partial charge is 0.0587 e. The van der Waals surface area contributed by atoms with Gasteiger partial charge in [0.15, 0.2) is 0 Å². The molecule has 106 valence electrons. The molecular formula is C17H27NO. The number of benzene rings is 1. The second-order valence-electron chi connectivity index (χ2n) is 5.19. The minimum atomic E-state index is 0.783. The Morgan fingerprint density at radius 1 is 1.26 bits per heavy atom. The molecule has 0 aliphatic carbocycles. The SMILES string of the molecule is COCCNCCC=C(C)Cc1cc(C)ccc1C. The largest absolute Gasteiger partial charge is 0.383 e. The van der Waals surface area contributed by atoms with Crippen molar-refractivity contribution in [3.63, 3.8) is 0 Å². The summed E-state index contributed by atoms with van der Waals surface area (Å²) >= 11 is 0. The predicted molar refractivity (Wildman–Crippen MR) is 82.7 cm³/mol. The molecule has 0 aliphatic rings. The Morgan fingerprint density at radius 3 is 2.79 bits per heavy atom. The molecule has 1 aromatic carbocycles. The van der Waals surface area contributed by atoms with Crippen LogP contribution in [0.15, 0.2) is 29.8 Å². The van der Waals surface area contributed by atoms with E-state index in [0.717, 1.165) is 32.5 Å². The summed E-state index contributed by atoms with van der Waals surface area (Å²) in [6, 6.07) is 6.69. The average Bonchev–Trinajstić information content (AvgIpc) is 2.38. The van der Waals surface area contributed by atoms with E-state index < -0.39 is 0 Å². The van der Waals surface area contributed by atoms with Gasteiger partial charge in [0.05, 0.1) is 6.61 Å². The average molecular weight is 261 g/mol. The predicted octanol–water partition coefficient (Wildman–Crippen LogP) is 3.42. The van der Waals surface area contributed by atoms with Crippen molar-refractivity contribution < 1.29 is 4.74 Å². The van der Waals surface area contributed by atoms with Crippen molar-refractivity contribution in [1.82, 2.24) is 5.32 Å². The van der Waals surface area contributed by atoms with Crippen LogP contribution in [0.3, 0.4) is 0 Å². The van der Waals surface area contributed by atoms with E-state index in [1.165, 1.54) is 22.3 Å². The van der Waals surface area contributed by atoms with Crippen LogP contribution in [-0.4, -0.2) is 26.8 Å². The molecule has 0 heterocycles. The second-order valence-corrected chi connectivity index (χ2v) is 5.19. The second kappa shape index (κ2) is 8.89. The quantitative estimate of drug-likeness (QED) is 0.572. The first kappa shape index (κ1) is 15.9. The highest BCUT2D eigenvalue weighted by molar-refractivity contribution is 5.33. The molecule has 0 saturated heterocycles. The maximum absolute atomic E-state index is 4.99. The maximum atomic E-state index is 4.99. The number of allylic oxidation sites excluding steroid dienone is 1. The molecule has 0 atom stereocenters. The lowest BCUT2D eigenvalue weighted by Gasteiger charge is -2.08. The van der Waals surface area contributed by atoms with Crippen LogP contribution in [0.4, 0.5) is 0 Å². The van der Waals surface area contributed by atoms with Gasteiger partial charge < -0.3 is 10.1 Å². The fourth-order valence-electron chi connectivity index (χ4n) is 2.08. The van der Waals surface area contributed by atoms with Crippen molar-refractivity contribution in [3.05, 3.63) is 46.5 Å². The van der Waals surface area contributed by atoms with Crippen LogP contribution in [0.25, 0.3) is 0 Å². The van der Waals surface area contributed by atoms with E-state index in [2.05, 4.69) is 50.4 Å². The number of methoxy groups -OCH3 is 1. The van der Waals surface area contributed by atoms with Gasteiger partial charge in [-0.05, 0) is 51.3 Å². The standard InChI is InChI=1S/C17H27NO/c1-14(6-5-9-18-10-11-19-4)12-17-13-15(2)7-8-16(17)3/h6-8,13,18H,5,9-12H2,1-4H3. The number of ether oxygens (including phenoxy) is 1. The van der Waals surface area contributed by atoms with E-state index in [-0.39, 0.29) is 0 Å². The molecule has 2 nitrogen and oxygen atoms in total. The zero-order valence-corrected chi connectivity index (χ0v) is 12.8. The molecule has 0 aliphatic heterocycles. The first-order chi connectivity index (χ1) is 9.13. The highest BCUT2D eigenvalue weighted by atomic mass is 16.5. The topological polar surface area (TPSA) is 21.3 Å². The van der Waals surface area contributed by atoms with Gasteiger partial charge in [0, 0.05) is 13.7 Å². The molecule has 0 saturated carbocycles. The van der Waals surface area contributed by atoms with Gasteiger partial charge in [0.1, 0.15) is 0 Å². The molecule has 0 amide bonds. The lowest BCUT2D eigenvalue weighted by atomic mass is 9.99. The Bertz CT molecular complexity index is 410. The van der Waals surface area contributed by atoms with E-state index in [1.54, 1.807) is 7.11 Å². The zero-order valence-electron chi connectivity index (χ0n) is 12.8.